The van der Waals surface area contributed by atoms with Crippen molar-refractivity contribution in [1.29, 1.82) is 0 Å². The number of thiophene rings is 1. The summed E-state index contributed by atoms with van der Waals surface area (Å²) < 4.78 is 0. The van der Waals surface area contributed by atoms with Crippen molar-refractivity contribution in [2.75, 3.05) is 11.9 Å². The molecule has 1 saturated carbocycles. The summed E-state index contributed by atoms with van der Waals surface area (Å²) in [5.41, 5.74) is 0.954. The average molecular weight is 224 g/mol. The molecule has 0 radical (unpaired) electrons. The van der Waals surface area contributed by atoms with Crippen LogP contribution >= 0.6 is 11.3 Å². The van der Waals surface area contributed by atoms with Crippen molar-refractivity contribution in [3.63, 3.8) is 0 Å². The lowest BCUT2D eigenvalue weighted by Crippen LogP contribution is -2.16. The molecule has 1 aliphatic rings. The fraction of sp³-hybridized carbons (Fsp3) is 0.545. The molecule has 1 heterocycles. The molecule has 0 aromatic carbocycles. The quantitative estimate of drug-likeness (QED) is 0.805. The van der Waals surface area contributed by atoms with E-state index in [1.807, 2.05) is 11.4 Å². The lowest BCUT2D eigenvalue weighted by atomic mass is 10.3. The minimum atomic E-state index is -0.00292. The Morgan fingerprint density at radius 3 is 3.07 bits per heavy atom. The highest BCUT2D eigenvalue weighted by Crippen LogP contribution is 2.28. The van der Waals surface area contributed by atoms with Crippen molar-refractivity contribution in [3.05, 3.63) is 16.3 Å². The molecule has 0 atom stereocenters. The first-order chi connectivity index (χ1) is 7.25. The number of nitrogens with one attached hydrogen (secondary N) is 2. The van der Waals surface area contributed by atoms with Crippen LogP contribution in [0.3, 0.4) is 0 Å². The van der Waals surface area contributed by atoms with Gasteiger partial charge in [-0.3, -0.25) is 4.79 Å². The van der Waals surface area contributed by atoms with Gasteiger partial charge in [0.05, 0.1) is 5.69 Å². The third-order valence-corrected chi connectivity index (χ3v) is 3.39. The number of amides is 1. The Kier molecular flexibility index (Phi) is 3.38. The molecule has 82 valence electrons. The van der Waals surface area contributed by atoms with Crippen LogP contribution in [0.2, 0.25) is 0 Å². The Bertz CT molecular complexity index is 344. The maximum atomic E-state index is 10.9. The number of anilines is 1. The third kappa shape index (κ3) is 3.32. The topological polar surface area (TPSA) is 41.1 Å². The first-order valence-electron chi connectivity index (χ1n) is 5.30. The zero-order valence-corrected chi connectivity index (χ0v) is 9.69. The van der Waals surface area contributed by atoms with Crippen LogP contribution in [0.15, 0.2) is 11.4 Å². The molecule has 0 bridgehead atoms. The van der Waals surface area contributed by atoms with E-state index in [0.717, 1.165) is 24.7 Å². The van der Waals surface area contributed by atoms with Crippen molar-refractivity contribution in [2.45, 2.75) is 26.3 Å². The molecular formula is C11H16N2OS. The van der Waals surface area contributed by atoms with Gasteiger partial charge < -0.3 is 10.6 Å². The maximum absolute atomic E-state index is 10.9. The van der Waals surface area contributed by atoms with Crippen molar-refractivity contribution in [1.82, 2.24) is 5.32 Å². The number of carbonyl (C=O) groups excluding carboxylic acids is 1. The molecule has 3 nitrogen and oxygen atoms in total. The second kappa shape index (κ2) is 4.77. The average Bonchev–Trinajstić information content (AvgIpc) is 2.89. The van der Waals surface area contributed by atoms with Crippen molar-refractivity contribution in [2.24, 2.45) is 5.92 Å². The lowest BCUT2D eigenvalue weighted by molar-refractivity contribution is -0.114. The van der Waals surface area contributed by atoms with Crippen LogP contribution in [0.4, 0.5) is 5.69 Å². The molecule has 0 saturated heterocycles. The molecule has 1 fully saturated rings. The molecule has 1 aliphatic carbocycles. The van der Waals surface area contributed by atoms with Gasteiger partial charge in [0.15, 0.2) is 0 Å². The zero-order valence-electron chi connectivity index (χ0n) is 8.88. The summed E-state index contributed by atoms with van der Waals surface area (Å²) in [5.74, 6) is 0.894. The minimum absolute atomic E-state index is 0.00292. The summed E-state index contributed by atoms with van der Waals surface area (Å²) in [4.78, 5) is 12.1. The van der Waals surface area contributed by atoms with E-state index >= 15 is 0 Å². The number of rotatable bonds is 5. The van der Waals surface area contributed by atoms with Crippen molar-refractivity contribution < 1.29 is 4.79 Å². The van der Waals surface area contributed by atoms with Crippen LogP contribution in [-0.2, 0) is 11.3 Å². The largest absolute Gasteiger partial charge is 0.325 e. The van der Waals surface area contributed by atoms with E-state index in [1.165, 1.54) is 17.7 Å². The van der Waals surface area contributed by atoms with E-state index in [-0.39, 0.29) is 5.91 Å². The first kappa shape index (κ1) is 10.6. The second-order valence-corrected chi connectivity index (χ2v) is 5.01. The summed E-state index contributed by atoms with van der Waals surface area (Å²) in [5, 5.41) is 8.27. The highest BCUT2D eigenvalue weighted by Gasteiger charge is 2.20. The van der Waals surface area contributed by atoms with Gasteiger partial charge >= 0.3 is 0 Å². The standard InChI is InChI=1S/C11H16N2OS/c1-8(14)13-10-4-5-15-11(10)7-12-6-9-2-3-9/h4-5,9,12H,2-3,6-7H2,1H3,(H,13,14). The summed E-state index contributed by atoms with van der Waals surface area (Å²) in [6.07, 6.45) is 2.74. The van der Waals surface area contributed by atoms with Crippen LogP contribution in [0.5, 0.6) is 0 Å². The van der Waals surface area contributed by atoms with Gasteiger partial charge in [-0.25, -0.2) is 0 Å². The predicted octanol–water partition coefficient (Wildman–Crippen LogP) is 2.21. The highest BCUT2D eigenvalue weighted by molar-refractivity contribution is 7.10. The molecule has 2 N–H and O–H groups in total. The Labute approximate surface area is 93.9 Å². The first-order valence-corrected chi connectivity index (χ1v) is 6.18. The van der Waals surface area contributed by atoms with E-state index in [4.69, 9.17) is 0 Å². The minimum Gasteiger partial charge on any atom is -0.325 e. The van der Waals surface area contributed by atoms with Gasteiger partial charge in [-0.05, 0) is 36.8 Å². The molecule has 2 rings (SSSR count). The number of hydrogen-bond acceptors (Lipinski definition) is 3. The van der Waals surface area contributed by atoms with Crippen molar-refractivity contribution in [3.8, 4) is 0 Å². The number of hydrogen-bond donors (Lipinski definition) is 2. The normalized spacial score (nSPS) is 15.3. The Balaban J connectivity index is 1.83. The van der Waals surface area contributed by atoms with Gasteiger partial charge in [-0.15, -0.1) is 11.3 Å². The van der Waals surface area contributed by atoms with Crippen LogP contribution in [-0.4, -0.2) is 12.5 Å². The van der Waals surface area contributed by atoms with Crippen LogP contribution in [0.1, 0.15) is 24.6 Å². The molecule has 1 aromatic heterocycles. The van der Waals surface area contributed by atoms with Gasteiger partial charge in [0.25, 0.3) is 0 Å². The van der Waals surface area contributed by atoms with Crippen LogP contribution < -0.4 is 10.6 Å². The van der Waals surface area contributed by atoms with Gasteiger partial charge in [-0.2, -0.15) is 0 Å². The lowest BCUT2D eigenvalue weighted by Gasteiger charge is -2.05. The van der Waals surface area contributed by atoms with Crippen LogP contribution in [0, 0.1) is 5.92 Å². The smallest absolute Gasteiger partial charge is 0.221 e. The van der Waals surface area contributed by atoms with Gasteiger partial charge in [0, 0.05) is 18.3 Å². The fourth-order valence-corrected chi connectivity index (χ4v) is 2.29. The Hall–Kier alpha value is -0.870. The molecule has 15 heavy (non-hydrogen) atoms. The summed E-state index contributed by atoms with van der Waals surface area (Å²) in [6, 6.07) is 1.96. The van der Waals surface area contributed by atoms with E-state index in [9.17, 15) is 4.79 Å². The summed E-state index contributed by atoms with van der Waals surface area (Å²) in [7, 11) is 0. The molecule has 1 aromatic rings. The molecule has 0 aliphatic heterocycles. The summed E-state index contributed by atoms with van der Waals surface area (Å²) in [6.45, 7) is 3.51. The maximum Gasteiger partial charge on any atom is 0.221 e. The van der Waals surface area contributed by atoms with E-state index in [0.29, 0.717) is 0 Å². The van der Waals surface area contributed by atoms with E-state index < -0.39 is 0 Å². The van der Waals surface area contributed by atoms with Gasteiger partial charge in [-0.1, -0.05) is 0 Å². The Morgan fingerprint density at radius 2 is 2.40 bits per heavy atom. The van der Waals surface area contributed by atoms with Crippen molar-refractivity contribution >= 4 is 22.9 Å². The van der Waals surface area contributed by atoms with E-state index in [1.54, 1.807) is 18.3 Å². The molecular weight excluding hydrogens is 208 g/mol. The highest BCUT2D eigenvalue weighted by atomic mass is 32.1. The number of carbonyl (C=O) groups is 1. The molecule has 0 spiro atoms. The fourth-order valence-electron chi connectivity index (χ4n) is 1.49. The predicted molar refractivity (Wildman–Crippen MR) is 63.1 cm³/mol. The van der Waals surface area contributed by atoms with Crippen LogP contribution in [0.25, 0.3) is 0 Å². The van der Waals surface area contributed by atoms with E-state index in [2.05, 4.69) is 10.6 Å². The monoisotopic (exact) mass is 224 g/mol. The van der Waals surface area contributed by atoms with Gasteiger partial charge in [0.1, 0.15) is 0 Å². The molecule has 4 heteroatoms. The molecule has 0 unspecified atom stereocenters. The molecule has 1 amide bonds. The summed E-state index contributed by atoms with van der Waals surface area (Å²) >= 11 is 1.69. The van der Waals surface area contributed by atoms with Gasteiger partial charge in [0.2, 0.25) is 5.91 Å². The SMILES string of the molecule is CC(=O)Nc1ccsc1CNCC1CC1. The third-order valence-electron chi connectivity index (χ3n) is 2.47. The Morgan fingerprint density at radius 1 is 1.60 bits per heavy atom. The zero-order chi connectivity index (χ0) is 10.7. The second-order valence-electron chi connectivity index (χ2n) is 4.01.